The van der Waals surface area contributed by atoms with Gasteiger partial charge in [-0.05, 0) is 24.3 Å². The first-order chi connectivity index (χ1) is 9.58. The van der Waals surface area contributed by atoms with E-state index in [0.717, 1.165) is 0 Å². The standard InChI is InChI=1S/C14H10N2O4/c17-13(10-4-2-1-3-5-10)15-14(18)11-6-8-12(9-7-11)16(19)20/h1-9H,(H,15,17,18). The number of hydrogen-bond donors (Lipinski definition) is 1. The maximum Gasteiger partial charge on any atom is 0.269 e. The summed E-state index contributed by atoms with van der Waals surface area (Å²) in [6.45, 7) is 0. The van der Waals surface area contributed by atoms with Crippen LogP contribution in [0.5, 0.6) is 0 Å². The highest BCUT2D eigenvalue weighted by Crippen LogP contribution is 2.11. The van der Waals surface area contributed by atoms with Crippen LogP contribution < -0.4 is 5.32 Å². The molecule has 0 saturated heterocycles. The summed E-state index contributed by atoms with van der Waals surface area (Å²) in [7, 11) is 0. The second-order valence-corrected chi connectivity index (χ2v) is 3.95. The van der Waals surface area contributed by atoms with Gasteiger partial charge in [0.15, 0.2) is 0 Å². The number of hydrogen-bond acceptors (Lipinski definition) is 4. The Morgan fingerprint density at radius 3 is 1.85 bits per heavy atom. The van der Waals surface area contributed by atoms with Gasteiger partial charge in [-0.1, -0.05) is 18.2 Å². The Hall–Kier alpha value is -3.02. The van der Waals surface area contributed by atoms with E-state index in [1.165, 1.54) is 24.3 Å². The molecule has 0 aliphatic rings. The average molecular weight is 270 g/mol. The summed E-state index contributed by atoms with van der Waals surface area (Å²) in [4.78, 5) is 33.5. The third-order valence-electron chi connectivity index (χ3n) is 2.60. The lowest BCUT2D eigenvalue weighted by molar-refractivity contribution is -0.384. The van der Waals surface area contributed by atoms with Gasteiger partial charge < -0.3 is 0 Å². The van der Waals surface area contributed by atoms with Gasteiger partial charge in [0.25, 0.3) is 17.5 Å². The highest BCUT2D eigenvalue weighted by Gasteiger charge is 2.13. The van der Waals surface area contributed by atoms with Crippen molar-refractivity contribution in [3.8, 4) is 0 Å². The third kappa shape index (κ3) is 3.05. The molecule has 0 aliphatic heterocycles. The zero-order valence-electron chi connectivity index (χ0n) is 10.3. The van der Waals surface area contributed by atoms with Crippen LogP contribution in [0.4, 0.5) is 5.69 Å². The largest absolute Gasteiger partial charge is 0.288 e. The number of nitrogens with one attached hydrogen (secondary N) is 1. The summed E-state index contributed by atoms with van der Waals surface area (Å²) in [5, 5.41) is 12.7. The zero-order chi connectivity index (χ0) is 14.5. The molecule has 0 fully saturated rings. The van der Waals surface area contributed by atoms with Gasteiger partial charge in [0, 0.05) is 23.3 Å². The van der Waals surface area contributed by atoms with E-state index in [2.05, 4.69) is 5.32 Å². The second kappa shape index (κ2) is 5.75. The lowest BCUT2D eigenvalue weighted by Crippen LogP contribution is -2.30. The number of rotatable bonds is 3. The molecule has 6 heteroatoms. The molecule has 1 N–H and O–H groups in total. The van der Waals surface area contributed by atoms with Gasteiger partial charge >= 0.3 is 0 Å². The molecule has 6 nitrogen and oxygen atoms in total. The summed E-state index contributed by atoms with van der Waals surface area (Å²) in [5.41, 5.74) is 0.429. The van der Waals surface area contributed by atoms with E-state index in [1.807, 2.05) is 0 Å². The Balaban J connectivity index is 2.08. The number of nitro benzene ring substituents is 1. The first-order valence-corrected chi connectivity index (χ1v) is 5.73. The smallest absolute Gasteiger partial charge is 0.269 e. The quantitative estimate of drug-likeness (QED) is 0.525. The Morgan fingerprint density at radius 2 is 1.35 bits per heavy atom. The minimum Gasteiger partial charge on any atom is -0.288 e. The maximum absolute atomic E-state index is 11.8. The lowest BCUT2D eigenvalue weighted by Gasteiger charge is -2.03. The van der Waals surface area contributed by atoms with Crippen LogP contribution in [0.1, 0.15) is 20.7 Å². The molecule has 0 spiro atoms. The first-order valence-electron chi connectivity index (χ1n) is 5.73. The number of benzene rings is 2. The molecule has 0 bridgehead atoms. The molecule has 0 atom stereocenters. The molecule has 20 heavy (non-hydrogen) atoms. The van der Waals surface area contributed by atoms with Crippen molar-refractivity contribution in [1.29, 1.82) is 0 Å². The number of carbonyl (C=O) groups is 2. The van der Waals surface area contributed by atoms with E-state index in [0.29, 0.717) is 5.56 Å². The molecule has 0 saturated carbocycles. The van der Waals surface area contributed by atoms with Crippen molar-refractivity contribution < 1.29 is 14.5 Å². The van der Waals surface area contributed by atoms with Crippen LogP contribution in [-0.2, 0) is 0 Å². The number of carbonyl (C=O) groups excluding carboxylic acids is 2. The molecule has 2 rings (SSSR count). The van der Waals surface area contributed by atoms with Crippen LogP contribution in [0.15, 0.2) is 54.6 Å². The van der Waals surface area contributed by atoms with Crippen LogP contribution >= 0.6 is 0 Å². The normalized spacial score (nSPS) is 9.80. The highest BCUT2D eigenvalue weighted by atomic mass is 16.6. The topological polar surface area (TPSA) is 89.3 Å². The van der Waals surface area contributed by atoms with Gasteiger partial charge in [0.2, 0.25) is 0 Å². The summed E-state index contributed by atoms with van der Waals surface area (Å²) < 4.78 is 0. The Morgan fingerprint density at radius 1 is 0.850 bits per heavy atom. The molecule has 2 amide bonds. The van der Waals surface area contributed by atoms with Crippen molar-refractivity contribution in [1.82, 2.24) is 5.32 Å². The molecule has 0 unspecified atom stereocenters. The molecule has 100 valence electrons. The molecular weight excluding hydrogens is 260 g/mol. The van der Waals surface area contributed by atoms with E-state index in [-0.39, 0.29) is 11.3 Å². The zero-order valence-corrected chi connectivity index (χ0v) is 10.3. The average Bonchev–Trinajstić information content (AvgIpc) is 2.48. The minimum absolute atomic E-state index is 0.115. The fraction of sp³-hybridized carbons (Fsp3) is 0. The molecular formula is C14H10N2O4. The van der Waals surface area contributed by atoms with E-state index in [4.69, 9.17) is 0 Å². The number of nitrogens with zero attached hydrogens (tertiary/aromatic N) is 1. The number of nitro groups is 1. The molecule has 0 heterocycles. The predicted octanol–water partition coefficient (Wildman–Crippen LogP) is 2.17. The fourth-order valence-corrected chi connectivity index (χ4v) is 1.57. The second-order valence-electron chi connectivity index (χ2n) is 3.95. The van der Waals surface area contributed by atoms with E-state index in [9.17, 15) is 19.7 Å². The molecule has 0 radical (unpaired) electrons. The van der Waals surface area contributed by atoms with E-state index >= 15 is 0 Å². The number of amides is 2. The van der Waals surface area contributed by atoms with Crippen molar-refractivity contribution in [3.63, 3.8) is 0 Å². The Labute approximate surface area is 114 Å². The van der Waals surface area contributed by atoms with Crippen molar-refractivity contribution >= 4 is 17.5 Å². The molecule has 2 aromatic rings. The van der Waals surface area contributed by atoms with Gasteiger partial charge in [-0.25, -0.2) is 0 Å². The Bertz CT molecular complexity index is 651. The van der Waals surface area contributed by atoms with Crippen molar-refractivity contribution in [2.45, 2.75) is 0 Å². The Kier molecular flexibility index (Phi) is 3.85. The van der Waals surface area contributed by atoms with Gasteiger partial charge in [-0.3, -0.25) is 25.0 Å². The van der Waals surface area contributed by atoms with Crippen molar-refractivity contribution in [2.24, 2.45) is 0 Å². The van der Waals surface area contributed by atoms with Crippen molar-refractivity contribution in [3.05, 3.63) is 75.8 Å². The third-order valence-corrected chi connectivity index (χ3v) is 2.60. The van der Waals surface area contributed by atoms with Gasteiger partial charge in [0.1, 0.15) is 0 Å². The summed E-state index contributed by atoms with van der Waals surface area (Å²) >= 11 is 0. The van der Waals surface area contributed by atoms with E-state index in [1.54, 1.807) is 30.3 Å². The van der Waals surface area contributed by atoms with Gasteiger partial charge in [0.05, 0.1) is 4.92 Å². The number of non-ortho nitro benzene ring substituents is 1. The predicted molar refractivity (Wildman–Crippen MR) is 71.3 cm³/mol. The molecule has 0 aliphatic carbocycles. The number of imide groups is 1. The van der Waals surface area contributed by atoms with Crippen molar-refractivity contribution in [2.75, 3.05) is 0 Å². The van der Waals surface area contributed by atoms with Crippen LogP contribution in [0.3, 0.4) is 0 Å². The van der Waals surface area contributed by atoms with E-state index < -0.39 is 16.7 Å². The monoisotopic (exact) mass is 270 g/mol. The first kappa shape index (κ1) is 13.4. The summed E-state index contributed by atoms with van der Waals surface area (Å²) in [6.07, 6.45) is 0. The van der Waals surface area contributed by atoms with Crippen LogP contribution in [0.2, 0.25) is 0 Å². The molecule has 0 aromatic heterocycles. The van der Waals surface area contributed by atoms with Crippen LogP contribution in [0.25, 0.3) is 0 Å². The van der Waals surface area contributed by atoms with Gasteiger partial charge in [-0.2, -0.15) is 0 Å². The summed E-state index contributed by atoms with van der Waals surface area (Å²) in [6, 6.07) is 13.3. The lowest BCUT2D eigenvalue weighted by atomic mass is 10.1. The van der Waals surface area contributed by atoms with Crippen LogP contribution in [-0.4, -0.2) is 16.7 Å². The minimum atomic E-state index is -0.603. The fourth-order valence-electron chi connectivity index (χ4n) is 1.57. The van der Waals surface area contributed by atoms with Gasteiger partial charge in [-0.15, -0.1) is 0 Å². The SMILES string of the molecule is O=C(NC(=O)c1ccc([N+](=O)[O-])cc1)c1ccccc1. The van der Waals surface area contributed by atoms with Crippen LogP contribution in [0, 0.1) is 10.1 Å². The molecule has 2 aromatic carbocycles. The highest BCUT2D eigenvalue weighted by molar-refractivity contribution is 6.10. The maximum atomic E-state index is 11.8. The summed E-state index contributed by atoms with van der Waals surface area (Å²) in [5.74, 6) is -1.12.